The molecule has 0 spiro atoms. The first-order valence-corrected chi connectivity index (χ1v) is 8.18. The third kappa shape index (κ3) is 3.96. The monoisotopic (exact) mass is 360 g/mol. The predicted molar refractivity (Wildman–Crippen MR) is 80.8 cm³/mol. The first-order chi connectivity index (χ1) is 9.51. The number of hydrogen-bond acceptors (Lipinski definition) is 3. The van der Waals surface area contributed by atoms with Gasteiger partial charge in [0, 0.05) is 9.35 Å². The molecule has 0 saturated heterocycles. The molecule has 3 N–H and O–H groups in total. The Hall–Kier alpha value is -1.08. The van der Waals surface area contributed by atoms with Crippen LogP contribution in [0.25, 0.3) is 0 Å². The van der Waals surface area contributed by atoms with Gasteiger partial charge < -0.3 is 15.7 Å². The second kappa shape index (κ2) is 6.58. The van der Waals surface area contributed by atoms with E-state index >= 15 is 0 Å². The molecule has 2 amide bonds. The van der Waals surface area contributed by atoms with Gasteiger partial charge in [-0.1, -0.05) is 12.8 Å². The van der Waals surface area contributed by atoms with Crippen LogP contribution in [-0.4, -0.2) is 22.6 Å². The van der Waals surface area contributed by atoms with Gasteiger partial charge in [-0.2, -0.15) is 0 Å². The Morgan fingerprint density at radius 3 is 2.65 bits per heavy atom. The molecule has 1 aromatic heterocycles. The third-order valence-electron chi connectivity index (χ3n) is 3.53. The van der Waals surface area contributed by atoms with E-state index in [4.69, 9.17) is 5.11 Å². The molecule has 1 aliphatic carbocycles. The standard InChI is InChI=1S/C13H17BrN2O3S/c14-9-3-6-20-10(9)8-15-12(19)16-13(7-11(17)18)4-1-2-5-13/h3,6H,1-2,4-5,7-8H2,(H,17,18)(H2,15,16,19). The normalized spacial score (nSPS) is 16.9. The molecule has 0 atom stereocenters. The molecule has 5 nitrogen and oxygen atoms in total. The van der Waals surface area contributed by atoms with E-state index in [9.17, 15) is 9.59 Å². The number of rotatable bonds is 5. The Labute approximate surface area is 129 Å². The van der Waals surface area contributed by atoms with Gasteiger partial charge in [0.05, 0.1) is 18.5 Å². The van der Waals surface area contributed by atoms with Crippen molar-refractivity contribution in [2.75, 3.05) is 0 Å². The second-order valence-corrected chi connectivity index (χ2v) is 6.91. The van der Waals surface area contributed by atoms with Crippen molar-refractivity contribution >= 4 is 39.3 Å². The summed E-state index contributed by atoms with van der Waals surface area (Å²) in [7, 11) is 0. The van der Waals surface area contributed by atoms with Crippen molar-refractivity contribution in [3.8, 4) is 0 Å². The summed E-state index contributed by atoms with van der Waals surface area (Å²) in [5.74, 6) is -0.867. The van der Waals surface area contributed by atoms with E-state index in [1.54, 1.807) is 11.3 Å². The van der Waals surface area contributed by atoms with Gasteiger partial charge in [0.25, 0.3) is 0 Å². The van der Waals surface area contributed by atoms with Gasteiger partial charge in [-0.25, -0.2) is 4.79 Å². The Bertz CT molecular complexity index is 498. The number of carboxylic acids is 1. The largest absolute Gasteiger partial charge is 0.481 e. The number of thiophene rings is 1. The fraction of sp³-hybridized carbons (Fsp3) is 0.538. The van der Waals surface area contributed by atoms with Crippen molar-refractivity contribution in [1.82, 2.24) is 10.6 Å². The van der Waals surface area contributed by atoms with E-state index in [1.807, 2.05) is 11.4 Å². The van der Waals surface area contributed by atoms with Gasteiger partial charge in [-0.15, -0.1) is 11.3 Å². The summed E-state index contributed by atoms with van der Waals surface area (Å²) in [5.41, 5.74) is -0.581. The number of urea groups is 1. The molecule has 1 heterocycles. The number of aliphatic carboxylic acids is 1. The minimum atomic E-state index is -0.867. The van der Waals surface area contributed by atoms with Gasteiger partial charge in [-0.3, -0.25) is 4.79 Å². The fourth-order valence-electron chi connectivity index (χ4n) is 2.58. The average molecular weight is 361 g/mol. The first kappa shape index (κ1) is 15.3. The molecule has 0 aromatic carbocycles. The van der Waals surface area contributed by atoms with E-state index in [0.29, 0.717) is 6.54 Å². The van der Waals surface area contributed by atoms with Crippen molar-refractivity contribution in [2.45, 2.75) is 44.2 Å². The molecule has 110 valence electrons. The number of carbonyl (C=O) groups excluding carboxylic acids is 1. The van der Waals surface area contributed by atoms with Crippen LogP contribution in [-0.2, 0) is 11.3 Å². The average Bonchev–Trinajstić information content (AvgIpc) is 2.96. The van der Waals surface area contributed by atoms with E-state index in [0.717, 1.165) is 35.0 Å². The number of amides is 2. The lowest BCUT2D eigenvalue weighted by Crippen LogP contribution is -2.51. The summed E-state index contributed by atoms with van der Waals surface area (Å²) >= 11 is 4.97. The molecule has 1 fully saturated rings. The summed E-state index contributed by atoms with van der Waals surface area (Å²) in [5, 5.41) is 16.6. The molecule has 1 aromatic rings. The zero-order valence-electron chi connectivity index (χ0n) is 10.9. The molecule has 2 rings (SSSR count). The van der Waals surface area contributed by atoms with Crippen molar-refractivity contribution < 1.29 is 14.7 Å². The lowest BCUT2D eigenvalue weighted by Gasteiger charge is -2.28. The molecular formula is C13H17BrN2O3S. The molecule has 7 heteroatoms. The maximum Gasteiger partial charge on any atom is 0.315 e. The van der Waals surface area contributed by atoms with Gasteiger partial charge in [0.15, 0.2) is 0 Å². The Balaban J connectivity index is 1.89. The second-order valence-electron chi connectivity index (χ2n) is 5.06. The number of hydrogen-bond donors (Lipinski definition) is 3. The summed E-state index contributed by atoms with van der Waals surface area (Å²) in [6, 6.07) is 1.64. The zero-order chi connectivity index (χ0) is 14.6. The van der Waals surface area contributed by atoms with Crippen LogP contribution in [0.1, 0.15) is 37.0 Å². The fourth-order valence-corrected chi connectivity index (χ4v) is 4.02. The summed E-state index contributed by atoms with van der Waals surface area (Å²) in [6.07, 6.45) is 3.38. The number of carboxylic acid groups (broad SMARTS) is 1. The van der Waals surface area contributed by atoms with Crippen LogP contribution in [0.5, 0.6) is 0 Å². The SMILES string of the molecule is O=C(O)CC1(NC(=O)NCc2sccc2Br)CCCC1. The van der Waals surface area contributed by atoms with E-state index < -0.39 is 11.5 Å². The molecule has 0 bridgehead atoms. The van der Waals surface area contributed by atoms with Crippen LogP contribution >= 0.6 is 27.3 Å². The molecule has 0 unspecified atom stereocenters. The molecule has 1 saturated carbocycles. The van der Waals surface area contributed by atoms with Crippen LogP contribution in [0.4, 0.5) is 4.79 Å². The van der Waals surface area contributed by atoms with Gasteiger partial charge in [0.2, 0.25) is 0 Å². The van der Waals surface area contributed by atoms with Gasteiger partial charge in [0.1, 0.15) is 0 Å². The van der Waals surface area contributed by atoms with Gasteiger partial charge in [-0.05, 0) is 40.2 Å². The van der Waals surface area contributed by atoms with Crippen LogP contribution in [0, 0.1) is 0 Å². The zero-order valence-corrected chi connectivity index (χ0v) is 13.3. The molecule has 1 aliphatic rings. The quantitative estimate of drug-likeness (QED) is 0.754. The van der Waals surface area contributed by atoms with Gasteiger partial charge >= 0.3 is 12.0 Å². The number of halogens is 1. The minimum Gasteiger partial charge on any atom is -0.481 e. The van der Waals surface area contributed by atoms with E-state index in [-0.39, 0.29) is 12.5 Å². The van der Waals surface area contributed by atoms with Crippen LogP contribution in [0.2, 0.25) is 0 Å². The minimum absolute atomic E-state index is 0.0108. The van der Waals surface area contributed by atoms with Crippen LogP contribution < -0.4 is 10.6 Å². The Kier molecular flexibility index (Phi) is 5.04. The highest BCUT2D eigenvalue weighted by Crippen LogP contribution is 2.32. The maximum atomic E-state index is 12.0. The Morgan fingerprint density at radius 1 is 1.40 bits per heavy atom. The highest BCUT2D eigenvalue weighted by molar-refractivity contribution is 9.10. The lowest BCUT2D eigenvalue weighted by atomic mass is 9.93. The lowest BCUT2D eigenvalue weighted by molar-refractivity contribution is -0.138. The van der Waals surface area contributed by atoms with Crippen LogP contribution in [0.3, 0.4) is 0 Å². The van der Waals surface area contributed by atoms with Crippen molar-refractivity contribution in [1.29, 1.82) is 0 Å². The first-order valence-electron chi connectivity index (χ1n) is 6.50. The smallest absolute Gasteiger partial charge is 0.315 e. The highest BCUT2D eigenvalue weighted by atomic mass is 79.9. The number of carbonyl (C=O) groups is 2. The van der Waals surface area contributed by atoms with Crippen molar-refractivity contribution in [2.24, 2.45) is 0 Å². The number of nitrogens with one attached hydrogen (secondary N) is 2. The Morgan fingerprint density at radius 2 is 2.10 bits per heavy atom. The summed E-state index contributed by atoms with van der Waals surface area (Å²) < 4.78 is 0.976. The third-order valence-corrected chi connectivity index (χ3v) is 5.46. The van der Waals surface area contributed by atoms with E-state index in [2.05, 4.69) is 26.6 Å². The van der Waals surface area contributed by atoms with Crippen molar-refractivity contribution in [3.63, 3.8) is 0 Å². The molecule has 20 heavy (non-hydrogen) atoms. The molecule has 0 aliphatic heterocycles. The molecular weight excluding hydrogens is 344 g/mol. The van der Waals surface area contributed by atoms with E-state index in [1.165, 1.54) is 0 Å². The summed E-state index contributed by atoms with van der Waals surface area (Å²) in [6.45, 7) is 0.438. The topological polar surface area (TPSA) is 78.4 Å². The van der Waals surface area contributed by atoms with Crippen LogP contribution in [0.15, 0.2) is 15.9 Å². The highest BCUT2D eigenvalue weighted by Gasteiger charge is 2.37. The predicted octanol–water partition coefficient (Wildman–Crippen LogP) is 3.10. The summed E-state index contributed by atoms with van der Waals surface area (Å²) in [4.78, 5) is 24.0. The maximum absolute atomic E-state index is 12.0. The molecule has 0 radical (unpaired) electrons. The van der Waals surface area contributed by atoms with Crippen molar-refractivity contribution in [3.05, 3.63) is 20.8 Å².